The number of thiophene rings is 1. The lowest BCUT2D eigenvalue weighted by molar-refractivity contribution is 0.313. The summed E-state index contributed by atoms with van der Waals surface area (Å²) >= 11 is 1.83. The van der Waals surface area contributed by atoms with Gasteiger partial charge in [0.05, 0.1) is 6.54 Å². The van der Waals surface area contributed by atoms with Crippen LogP contribution < -0.4 is 5.32 Å². The summed E-state index contributed by atoms with van der Waals surface area (Å²) in [5.74, 6) is 1.11. The Bertz CT molecular complexity index is 464. The van der Waals surface area contributed by atoms with E-state index in [9.17, 15) is 0 Å². The molecule has 2 aromatic heterocycles. The Labute approximate surface area is 119 Å². The van der Waals surface area contributed by atoms with Gasteiger partial charge in [-0.25, -0.2) is 4.98 Å². The van der Waals surface area contributed by atoms with E-state index >= 15 is 0 Å². The highest BCUT2D eigenvalue weighted by Crippen LogP contribution is 2.07. The molecule has 0 aliphatic heterocycles. The molecule has 2 aromatic rings. The lowest BCUT2D eigenvalue weighted by Gasteiger charge is -2.16. The van der Waals surface area contributed by atoms with E-state index in [1.807, 2.05) is 30.8 Å². The van der Waals surface area contributed by atoms with Crippen LogP contribution in [0, 0.1) is 0 Å². The van der Waals surface area contributed by atoms with E-state index in [0.717, 1.165) is 38.4 Å². The van der Waals surface area contributed by atoms with E-state index in [2.05, 4.69) is 44.3 Å². The SMILES string of the molecule is CN(CCNCCc1cccs1)Cc1nccn1C. The fourth-order valence-electron chi connectivity index (χ4n) is 1.93. The number of rotatable bonds is 8. The van der Waals surface area contributed by atoms with E-state index in [4.69, 9.17) is 0 Å². The first-order chi connectivity index (χ1) is 9.25. The number of nitrogens with zero attached hydrogens (tertiary/aromatic N) is 3. The number of nitrogens with one attached hydrogen (secondary N) is 1. The third-order valence-electron chi connectivity index (χ3n) is 3.13. The van der Waals surface area contributed by atoms with Crippen molar-refractivity contribution in [3.05, 3.63) is 40.6 Å². The minimum absolute atomic E-state index is 0.899. The number of aryl methyl sites for hydroxylation is 1. The van der Waals surface area contributed by atoms with Crippen LogP contribution >= 0.6 is 11.3 Å². The molecule has 104 valence electrons. The maximum absolute atomic E-state index is 4.34. The molecule has 0 fully saturated rings. The highest BCUT2D eigenvalue weighted by atomic mass is 32.1. The van der Waals surface area contributed by atoms with Crippen LogP contribution in [0.25, 0.3) is 0 Å². The molecule has 0 atom stereocenters. The average molecular weight is 278 g/mol. The minimum atomic E-state index is 0.899. The van der Waals surface area contributed by atoms with Crippen molar-refractivity contribution >= 4 is 11.3 Å². The molecule has 0 aliphatic rings. The molecule has 0 radical (unpaired) electrons. The van der Waals surface area contributed by atoms with Crippen LogP contribution in [0.15, 0.2) is 29.9 Å². The molecule has 0 aliphatic carbocycles. The number of aromatic nitrogens is 2. The molecule has 0 saturated carbocycles. The fraction of sp³-hybridized carbons (Fsp3) is 0.500. The van der Waals surface area contributed by atoms with Gasteiger partial charge in [-0.05, 0) is 24.9 Å². The van der Waals surface area contributed by atoms with Gasteiger partial charge in [0.1, 0.15) is 5.82 Å². The van der Waals surface area contributed by atoms with Crippen molar-refractivity contribution in [2.24, 2.45) is 7.05 Å². The molecule has 19 heavy (non-hydrogen) atoms. The molecular formula is C14H22N4S. The summed E-state index contributed by atoms with van der Waals surface area (Å²) in [5, 5.41) is 5.62. The molecule has 2 rings (SSSR count). The normalized spacial score (nSPS) is 11.3. The molecule has 5 heteroatoms. The topological polar surface area (TPSA) is 33.1 Å². The number of imidazole rings is 1. The maximum atomic E-state index is 4.34. The van der Waals surface area contributed by atoms with Gasteiger partial charge in [0.2, 0.25) is 0 Å². The Morgan fingerprint density at radius 1 is 1.42 bits per heavy atom. The molecule has 0 aromatic carbocycles. The van der Waals surface area contributed by atoms with Crippen molar-refractivity contribution in [2.45, 2.75) is 13.0 Å². The highest BCUT2D eigenvalue weighted by molar-refractivity contribution is 7.09. The van der Waals surface area contributed by atoms with Crippen molar-refractivity contribution in [3.63, 3.8) is 0 Å². The van der Waals surface area contributed by atoms with Crippen molar-refractivity contribution < 1.29 is 0 Å². The molecule has 0 spiro atoms. The lowest BCUT2D eigenvalue weighted by atomic mass is 10.3. The lowest BCUT2D eigenvalue weighted by Crippen LogP contribution is -2.30. The summed E-state index contributed by atoms with van der Waals surface area (Å²) in [6, 6.07) is 4.31. The van der Waals surface area contributed by atoms with Crippen molar-refractivity contribution in [2.75, 3.05) is 26.7 Å². The molecule has 1 N–H and O–H groups in total. The van der Waals surface area contributed by atoms with E-state index < -0.39 is 0 Å². The second-order valence-corrected chi connectivity index (χ2v) is 5.80. The van der Waals surface area contributed by atoms with Gasteiger partial charge in [-0.2, -0.15) is 0 Å². The van der Waals surface area contributed by atoms with E-state index in [0.29, 0.717) is 0 Å². The summed E-state index contributed by atoms with van der Waals surface area (Å²) in [6.45, 7) is 4.01. The van der Waals surface area contributed by atoms with Crippen LogP contribution in [0.2, 0.25) is 0 Å². The summed E-state index contributed by atoms with van der Waals surface area (Å²) in [4.78, 5) is 8.08. The largest absolute Gasteiger partial charge is 0.337 e. The van der Waals surface area contributed by atoms with E-state index in [-0.39, 0.29) is 0 Å². The molecular weight excluding hydrogens is 256 g/mol. The van der Waals surface area contributed by atoms with E-state index in [1.165, 1.54) is 4.88 Å². The van der Waals surface area contributed by atoms with Crippen LogP contribution in [0.5, 0.6) is 0 Å². The molecule has 2 heterocycles. The first kappa shape index (κ1) is 14.2. The van der Waals surface area contributed by atoms with Crippen LogP contribution in [0.1, 0.15) is 10.7 Å². The predicted molar refractivity (Wildman–Crippen MR) is 80.4 cm³/mol. The van der Waals surface area contributed by atoms with Gasteiger partial charge < -0.3 is 9.88 Å². The Morgan fingerprint density at radius 3 is 3.00 bits per heavy atom. The Morgan fingerprint density at radius 2 is 2.32 bits per heavy atom. The summed E-state index contributed by atoms with van der Waals surface area (Å²) in [7, 11) is 4.17. The zero-order valence-corrected chi connectivity index (χ0v) is 12.5. The summed E-state index contributed by atoms with van der Waals surface area (Å²) < 4.78 is 2.07. The Balaban J connectivity index is 1.56. The zero-order chi connectivity index (χ0) is 13.5. The monoisotopic (exact) mass is 278 g/mol. The first-order valence-electron chi connectivity index (χ1n) is 6.63. The summed E-state index contributed by atoms with van der Waals surface area (Å²) in [6.07, 6.45) is 4.96. The van der Waals surface area contributed by atoms with E-state index in [1.54, 1.807) is 0 Å². The fourth-order valence-corrected chi connectivity index (χ4v) is 2.64. The number of hydrogen-bond acceptors (Lipinski definition) is 4. The molecule has 4 nitrogen and oxygen atoms in total. The molecule has 0 unspecified atom stereocenters. The van der Waals surface area contributed by atoms with Crippen LogP contribution in [0.4, 0.5) is 0 Å². The smallest absolute Gasteiger partial charge is 0.122 e. The van der Waals surface area contributed by atoms with Crippen molar-refractivity contribution in [3.8, 4) is 0 Å². The van der Waals surface area contributed by atoms with Crippen LogP contribution in [-0.4, -0.2) is 41.1 Å². The third kappa shape index (κ3) is 4.78. The van der Waals surface area contributed by atoms with Gasteiger partial charge in [0, 0.05) is 44.0 Å². The standard InChI is InChI=1S/C14H22N4S/c1-17(12-14-16-8-10-18(14)2)9-7-15-6-5-13-4-3-11-19-13/h3-4,8,10-11,15H,5-7,9,12H2,1-2H3. The minimum Gasteiger partial charge on any atom is -0.337 e. The van der Waals surface area contributed by atoms with Crippen molar-refractivity contribution in [1.29, 1.82) is 0 Å². The van der Waals surface area contributed by atoms with Gasteiger partial charge in [-0.15, -0.1) is 11.3 Å². The zero-order valence-electron chi connectivity index (χ0n) is 11.7. The number of hydrogen-bond donors (Lipinski definition) is 1. The van der Waals surface area contributed by atoms with Crippen molar-refractivity contribution in [1.82, 2.24) is 19.8 Å². The molecule has 0 saturated heterocycles. The Kier molecular flexibility index (Phi) is 5.57. The summed E-state index contributed by atoms with van der Waals surface area (Å²) in [5.41, 5.74) is 0. The second-order valence-electron chi connectivity index (χ2n) is 4.77. The highest BCUT2D eigenvalue weighted by Gasteiger charge is 2.03. The second kappa shape index (κ2) is 7.43. The number of likely N-dealkylation sites (N-methyl/N-ethyl adjacent to an activating group) is 1. The maximum Gasteiger partial charge on any atom is 0.122 e. The van der Waals surface area contributed by atoms with Gasteiger partial charge in [-0.1, -0.05) is 6.07 Å². The molecule has 0 bridgehead atoms. The predicted octanol–water partition coefficient (Wildman–Crippen LogP) is 1.75. The van der Waals surface area contributed by atoms with Gasteiger partial charge in [-0.3, -0.25) is 4.90 Å². The van der Waals surface area contributed by atoms with Gasteiger partial charge in [0.15, 0.2) is 0 Å². The first-order valence-corrected chi connectivity index (χ1v) is 7.51. The molecule has 0 amide bonds. The van der Waals surface area contributed by atoms with Gasteiger partial charge in [0.25, 0.3) is 0 Å². The third-order valence-corrected chi connectivity index (χ3v) is 4.07. The average Bonchev–Trinajstić information content (AvgIpc) is 3.02. The van der Waals surface area contributed by atoms with Crippen LogP contribution in [0.3, 0.4) is 0 Å². The van der Waals surface area contributed by atoms with Gasteiger partial charge >= 0.3 is 0 Å². The van der Waals surface area contributed by atoms with Crippen LogP contribution in [-0.2, 0) is 20.0 Å². The Hall–Kier alpha value is -1.17. The quantitative estimate of drug-likeness (QED) is 0.747.